The molecule has 7 heteroatoms. The fourth-order valence-corrected chi connectivity index (χ4v) is 4.03. The molecule has 2 aromatic rings. The number of fused-ring (bicyclic) bond motifs is 1. The van der Waals surface area contributed by atoms with E-state index in [1.54, 1.807) is 12.3 Å². The third kappa shape index (κ3) is 4.03. The first kappa shape index (κ1) is 18.5. The van der Waals surface area contributed by atoms with Crippen molar-refractivity contribution in [2.75, 3.05) is 36.5 Å². The zero-order valence-corrected chi connectivity index (χ0v) is 16.4. The number of hydrogen-bond acceptors (Lipinski definition) is 5. The molecule has 0 aliphatic carbocycles. The van der Waals surface area contributed by atoms with Crippen LogP contribution in [0.5, 0.6) is 0 Å². The molecule has 2 aliphatic heterocycles. The molecule has 1 amide bonds. The summed E-state index contributed by atoms with van der Waals surface area (Å²) in [5, 5.41) is 7.08. The van der Waals surface area contributed by atoms with Gasteiger partial charge in [-0.15, -0.1) is 0 Å². The minimum absolute atomic E-state index is 0.0627. The molecule has 1 aromatic heterocycles. The highest BCUT2D eigenvalue weighted by atomic mass is 16.2. The average Bonchev–Trinajstić information content (AvgIpc) is 3.23. The maximum absolute atomic E-state index is 12.3. The minimum Gasteiger partial charge on any atom is -0.374 e. The van der Waals surface area contributed by atoms with E-state index in [1.165, 1.54) is 15.9 Å². The summed E-state index contributed by atoms with van der Waals surface area (Å²) < 4.78 is 1.22. The number of nitrogens with zero attached hydrogens (tertiary/aromatic N) is 4. The minimum atomic E-state index is -0.239. The van der Waals surface area contributed by atoms with Crippen LogP contribution in [0.1, 0.15) is 30.4 Å². The molecule has 0 saturated carbocycles. The number of hydrogen-bond donors (Lipinski definition) is 1. The zero-order chi connectivity index (χ0) is 19.5. The summed E-state index contributed by atoms with van der Waals surface area (Å²) in [4.78, 5) is 29.0. The first-order chi connectivity index (χ1) is 13.6. The van der Waals surface area contributed by atoms with Gasteiger partial charge in [0, 0.05) is 45.0 Å². The summed E-state index contributed by atoms with van der Waals surface area (Å²) in [6.45, 7) is 3.40. The number of aromatic nitrogens is 2. The molecule has 1 aromatic carbocycles. The highest BCUT2D eigenvalue weighted by Gasteiger charge is 2.15. The monoisotopic (exact) mass is 381 g/mol. The first-order valence-corrected chi connectivity index (χ1v) is 10.0. The van der Waals surface area contributed by atoms with E-state index in [-0.39, 0.29) is 18.0 Å². The van der Waals surface area contributed by atoms with E-state index in [0.717, 1.165) is 56.6 Å². The molecule has 0 spiro atoms. The number of benzene rings is 1. The van der Waals surface area contributed by atoms with Crippen LogP contribution in [0.25, 0.3) is 0 Å². The fraction of sp³-hybridized carbons (Fsp3) is 0.476. The second-order valence-electron chi connectivity index (χ2n) is 7.67. The van der Waals surface area contributed by atoms with Gasteiger partial charge in [0.05, 0.1) is 11.9 Å². The summed E-state index contributed by atoms with van der Waals surface area (Å²) >= 11 is 0. The molecular formula is C21H27N5O2. The number of carbonyl (C=O) groups is 1. The molecule has 0 radical (unpaired) electrons. The average molecular weight is 381 g/mol. The van der Waals surface area contributed by atoms with Crippen LogP contribution in [0.3, 0.4) is 0 Å². The second-order valence-corrected chi connectivity index (χ2v) is 7.67. The lowest BCUT2D eigenvalue weighted by atomic mass is 9.99. The van der Waals surface area contributed by atoms with Crippen LogP contribution in [-0.2, 0) is 24.3 Å². The van der Waals surface area contributed by atoms with Gasteiger partial charge in [0.15, 0.2) is 0 Å². The lowest BCUT2D eigenvalue weighted by Gasteiger charge is -2.27. The van der Waals surface area contributed by atoms with Gasteiger partial charge >= 0.3 is 0 Å². The first-order valence-electron chi connectivity index (χ1n) is 10.0. The van der Waals surface area contributed by atoms with E-state index in [9.17, 15) is 9.59 Å². The molecule has 1 fully saturated rings. The van der Waals surface area contributed by atoms with Crippen molar-refractivity contribution in [2.45, 2.75) is 38.8 Å². The summed E-state index contributed by atoms with van der Waals surface area (Å²) in [6, 6.07) is 7.92. The van der Waals surface area contributed by atoms with Crippen molar-refractivity contribution in [2.24, 2.45) is 0 Å². The van der Waals surface area contributed by atoms with Gasteiger partial charge in [-0.25, -0.2) is 4.68 Å². The quantitative estimate of drug-likeness (QED) is 0.851. The van der Waals surface area contributed by atoms with Crippen LogP contribution in [0, 0.1) is 0 Å². The zero-order valence-electron chi connectivity index (χ0n) is 16.4. The Kier molecular flexibility index (Phi) is 5.32. The van der Waals surface area contributed by atoms with Gasteiger partial charge in [0.2, 0.25) is 5.91 Å². The lowest BCUT2D eigenvalue weighted by Crippen LogP contribution is -2.34. The number of amides is 1. The number of anilines is 2. The van der Waals surface area contributed by atoms with Crippen molar-refractivity contribution in [3.05, 3.63) is 51.9 Å². The molecule has 0 unspecified atom stereocenters. The Morgan fingerprint density at radius 3 is 2.75 bits per heavy atom. The number of aryl methyl sites for hydroxylation is 1. The van der Waals surface area contributed by atoms with Crippen molar-refractivity contribution in [3.8, 4) is 0 Å². The van der Waals surface area contributed by atoms with Crippen LogP contribution in [0.15, 0.2) is 35.3 Å². The van der Waals surface area contributed by atoms with E-state index < -0.39 is 0 Å². The van der Waals surface area contributed by atoms with Crippen molar-refractivity contribution in [1.82, 2.24) is 15.1 Å². The molecule has 1 N–H and O–H groups in total. The Hall–Kier alpha value is -2.83. The Balaban J connectivity index is 1.35. The summed E-state index contributed by atoms with van der Waals surface area (Å²) in [5.74, 6) is -0.210. The number of carbonyl (C=O) groups excluding carboxylic acids is 1. The van der Waals surface area contributed by atoms with Crippen molar-refractivity contribution < 1.29 is 4.79 Å². The second kappa shape index (κ2) is 8.04. The largest absolute Gasteiger partial charge is 0.374 e. The molecule has 1 saturated heterocycles. The van der Waals surface area contributed by atoms with Crippen LogP contribution in [-0.4, -0.2) is 42.4 Å². The van der Waals surface area contributed by atoms with Gasteiger partial charge in [-0.05, 0) is 42.9 Å². The normalized spacial score (nSPS) is 16.2. The van der Waals surface area contributed by atoms with E-state index in [0.29, 0.717) is 6.54 Å². The standard InChI is InChI=1S/C21H27N5O2/c1-24-8-4-5-17-11-16(6-7-19(17)24)13-22-20(27)15-26-21(28)12-18(14-23-26)25-9-2-3-10-25/h6-7,11-12,14H,2-5,8-10,13,15H2,1H3,(H,22,27). The summed E-state index contributed by atoms with van der Waals surface area (Å²) in [6.07, 6.45) is 6.19. The molecule has 7 nitrogen and oxygen atoms in total. The van der Waals surface area contributed by atoms with Crippen LogP contribution in [0.4, 0.5) is 11.4 Å². The molecule has 0 atom stereocenters. The highest BCUT2D eigenvalue weighted by molar-refractivity contribution is 5.75. The summed E-state index contributed by atoms with van der Waals surface area (Å²) in [5.41, 5.74) is 4.28. The van der Waals surface area contributed by atoms with E-state index in [2.05, 4.69) is 45.5 Å². The molecule has 3 heterocycles. The Morgan fingerprint density at radius 1 is 1.14 bits per heavy atom. The van der Waals surface area contributed by atoms with Gasteiger partial charge in [0.25, 0.3) is 5.56 Å². The SMILES string of the molecule is CN1CCCc2cc(CNC(=O)Cn3ncc(N4CCCC4)cc3=O)ccc21. The van der Waals surface area contributed by atoms with Gasteiger partial charge in [-0.2, -0.15) is 5.10 Å². The summed E-state index contributed by atoms with van der Waals surface area (Å²) in [7, 11) is 2.11. The molecule has 2 aliphatic rings. The van der Waals surface area contributed by atoms with Crippen LogP contribution < -0.4 is 20.7 Å². The maximum Gasteiger partial charge on any atom is 0.269 e. The van der Waals surface area contributed by atoms with Crippen molar-refractivity contribution in [1.29, 1.82) is 0 Å². The highest BCUT2D eigenvalue weighted by Crippen LogP contribution is 2.26. The van der Waals surface area contributed by atoms with Crippen LogP contribution >= 0.6 is 0 Å². The van der Waals surface area contributed by atoms with Gasteiger partial charge < -0.3 is 15.1 Å². The smallest absolute Gasteiger partial charge is 0.269 e. The third-order valence-electron chi connectivity index (χ3n) is 5.60. The third-order valence-corrected chi connectivity index (χ3v) is 5.60. The molecule has 0 bridgehead atoms. The van der Waals surface area contributed by atoms with Gasteiger partial charge in [-0.1, -0.05) is 12.1 Å². The number of nitrogens with one attached hydrogen (secondary N) is 1. The van der Waals surface area contributed by atoms with Crippen LogP contribution in [0.2, 0.25) is 0 Å². The molecule has 4 rings (SSSR count). The predicted octanol–water partition coefficient (Wildman–Crippen LogP) is 1.54. The molecule has 28 heavy (non-hydrogen) atoms. The Morgan fingerprint density at radius 2 is 1.96 bits per heavy atom. The Bertz CT molecular complexity index is 917. The van der Waals surface area contributed by atoms with Gasteiger partial charge in [-0.3, -0.25) is 9.59 Å². The Labute approximate surface area is 165 Å². The van der Waals surface area contributed by atoms with E-state index in [4.69, 9.17) is 0 Å². The van der Waals surface area contributed by atoms with Gasteiger partial charge in [0.1, 0.15) is 6.54 Å². The van der Waals surface area contributed by atoms with E-state index >= 15 is 0 Å². The maximum atomic E-state index is 12.3. The molecule has 148 valence electrons. The molecular weight excluding hydrogens is 354 g/mol. The van der Waals surface area contributed by atoms with Crippen molar-refractivity contribution >= 4 is 17.3 Å². The predicted molar refractivity (Wildman–Crippen MR) is 110 cm³/mol. The lowest BCUT2D eigenvalue weighted by molar-refractivity contribution is -0.122. The van der Waals surface area contributed by atoms with Crippen molar-refractivity contribution in [3.63, 3.8) is 0 Å². The van der Waals surface area contributed by atoms with E-state index in [1.807, 2.05) is 0 Å². The number of rotatable bonds is 5. The fourth-order valence-electron chi connectivity index (χ4n) is 4.03. The topological polar surface area (TPSA) is 70.5 Å².